The van der Waals surface area contributed by atoms with Gasteiger partial charge in [-0.3, -0.25) is 4.79 Å². The van der Waals surface area contributed by atoms with Gasteiger partial charge in [-0.1, -0.05) is 19.1 Å². The van der Waals surface area contributed by atoms with Crippen LogP contribution in [-0.2, 0) is 4.79 Å². The Bertz CT molecular complexity index is 432. The quantitative estimate of drug-likeness (QED) is 0.749. The second-order valence-corrected chi connectivity index (χ2v) is 4.28. The zero-order valence-corrected chi connectivity index (χ0v) is 10.6. The van der Waals surface area contributed by atoms with Crippen molar-refractivity contribution in [2.24, 2.45) is 5.92 Å². The van der Waals surface area contributed by atoms with Crippen molar-refractivity contribution >= 4 is 17.7 Å². The lowest BCUT2D eigenvalue weighted by molar-refractivity contribution is -0.141. The van der Waals surface area contributed by atoms with Crippen LogP contribution >= 0.6 is 0 Å². The summed E-state index contributed by atoms with van der Waals surface area (Å²) in [6.45, 7) is 3.89. The van der Waals surface area contributed by atoms with Gasteiger partial charge in [0.05, 0.1) is 5.92 Å². The average Bonchev–Trinajstić information content (AvgIpc) is 2.28. The summed E-state index contributed by atoms with van der Waals surface area (Å²) in [7, 11) is 0. The minimum Gasteiger partial charge on any atom is -0.481 e. The van der Waals surface area contributed by atoms with Gasteiger partial charge in [0.25, 0.3) is 0 Å². The van der Waals surface area contributed by atoms with Crippen molar-refractivity contribution in [3.05, 3.63) is 29.8 Å². The third-order valence-electron chi connectivity index (χ3n) is 2.56. The van der Waals surface area contributed by atoms with Crippen LogP contribution in [0.3, 0.4) is 0 Å². The molecule has 1 rings (SSSR count). The number of carboxylic acids is 1. The van der Waals surface area contributed by atoms with E-state index < -0.39 is 11.9 Å². The second kappa shape index (κ2) is 6.64. The number of aryl methyl sites for hydroxylation is 1. The maximum absolute atomic E-state index is 11.5. The fraction of sp³-hybridized carbons (Fsp3) is 0.385. The molecule has 0 aromatic heterocycles. The van der Waals surface area contributed by atoms with E-state index in [1.165, 1.54) is 0 Å². The Labute approximate surface area is 106 Å². The maximum atomic E-state index is 11.5. The number of anilines is 1. The lowest BCUT2D eigenvalue weighted by Gasteiger charge is -2.09. The van der Waals surface area contributed by atoms with Gasteiger partial charge >= 0.3 is 12.0 Å². The number of nitrogens with one attached hydrogen (secondary N) is 2. The van der Waals surface area contributed by atoms with E-state index in [-0.39, 0.29) is 6.03 Å². The minimum absolute atomic E-state index is 0.321. The Morgan fingerprint density at radius 3 is 2.72 bits per heavy atom. The molecule has 0 spiro atoms. The highest BCUT2D eigenvalue weighted by Gasteiger charge is 2.10. The summed E-state index contributed by atoms with van der Waals surface area (Å²) in [6, 6.07) is 7.14. The number of rotatable bonds is 5. The van der Waals surface area contributed by atoms with Crippen molar-refractivity contribution in [1.29, 1.82) is 0 Å². The maximum Gasteiger partial charge on any atom is 0.319 e. The third-order valence-corrected chi connectivity index (χ3v) is 2.56. The van der Waals surface area contributed by atoms with Crippen molar-refractivity contribution in [2.45, 2.75) is 20.3 Å². The molecule has 0 saturated carbocycles. The summed E-state index contributed by atoms with van der Waals surface area (Å²) >= 11 is 0. The Morgan fingerprint density at radius 1 is 1.39 bits per heavy atom. The zero-order valence-electron chi connectivity index (χ0n) is 10.6. The Balaban J connectivity index is 2.32. The fourth-order valence-corrected chi connectivity index (χ4v) is 1.42. The van der Waals surface area contributed by atoms with Crippen LogP contribution in [0.5, 0.6) is 0 Å². The molecular formula is C13H18N2O3. The molecule has 2 amide bonds. The van der Waals surface area contributed by atoms with E-state index in [4.69, 9.17) is 5.11 Å². The summed E-state index contributed by atoms with van der Waals surface area (Å²) in [5, 5.41) is 14.0. The molecule has 0 saturated heterocycles. The number of benzene rings is 1. The van der Waals surface area contributed by atoms with Crippen LogP contribution < -0.4 is 10.6 Å². The smallest absolute Gasteiger partial charge is 0.319 e. The van der Waals surface area contributed by atoms with Gasteiger partial charge < -0.3 is 15.7 Å². The number of urea groups is 1. The van der Waals surface area contributed by atoms with Crippen LogP contribution in [0.1, 0.15) is 18.9 Å². The molecule has 3 N–H and O–H groups in total. The van der Waals surface area contributed by atoms with Gasteiger partial charge in [-0.2, -0.15) is 0 Å². The second-order valence-electron chi connectivity index (χ2n) is 4.28. The molecule has 1 aromatic rings. The molecule has 0 aliphatic carbocycles. The summed E-state index contributed by atoms with van der Waals surface area (Å²) < 4.78 is 0. The van der Waals surface area contributed by atoms with Gasteiger partial charge in [0.2, 0.25) is 0 Å². The first-order valence-corrected chi connectivity index (χ1v) is 5.83. The van der Waals surface area contributed by atoms with Crippen LogP contribution in [0.25, 0.3) is 0 Å². The van der Waals surface area contributed by atoms with E-state index in [2.05, 4.69) is 10.6 Å². The molecule has 0 fully saturated rings. The average molecular weight is 250 g/mol. The summed E-state index contributed by atoms with van der Waals surface area (Å²) in [5.74, 6) is -1.31. The van der Waals surface area contributed by atoms with Gasteiger partial charge in [-0.15, -0.1) is 0 Å². The SMILES string of the molecule is Cc1cccc(NC(=O)NCCC(C)C(=O)O)c1. The Morgan fingerprint density at radius 2 is 2.11 bits per heavy atom. The van der Waals surface area contributed by atoms with Gasteiger partial charge in [0.15, 0.2) is 0 Å². The summed E-state index contributed by atoms with van der Waals surface area (Å²) in [4.78, 5) is 22.1. The molecule has 5 heteroatoms. The molecule has 0 radical (unpaired) electrons. The molecule has 0 heterocycles. The normalized spacial score (nSPS) is 11.7. The van der Waals surface area contributed by atoms with E-state index in [9.17, 15) is 9.59 Å². The zero-order chi connectivity index (χ0) is 13.5. The monoisotopic (exact) mass is 250 g/mol. The molecular weight excluding hydrogens is 232 g/mol. The largest absolute Gasteiger partial charge is 0.481 e. The lowest BCUT2D eigenvalue weighted by atomic mass is 10.1. The standard InChI is InChI=1S/C13H18N2O3/c1-9-4-3-5-11(8-9)15-13(18)14-7-6-10(2)12(16)17/h3-5,8,10H,6-7H2,1-2H3,(H,16,17)(H2,14,15,18). The summed E-state index contributed by atoms with van der Waals surface area (Å²) in [6.07, 6.45) is 0.413. The topological polar surface area (TPSA) is 78.4 Å². The summed E-state index contributed by atoms with van der Waals surface area (Å²) in [5.41, 5.74) is 1.78. The first-order valence-electron chi connectivity index (χ1n) is 5.83. The van der Waals surface area contributed by atoms with E-state index >= 15 is 0 Å². The van der Waals surface area contributed by atoms with E-state index in [0.717, 1.165) is 11.3 Å². The number of carbonyl (C=O) groups is 2. The number of aliphatic carboxylic acids is 1. The predicted octanol–water partition coefficient (Wildman–Crippen LogP) is 2.23. The predicted molar refractivity (Wildman–Crippen MR) is 69.6 cm³/mol. The highest BCUT2D eigenvalue weighted by Crippen LogP contribution is 2.09. The molecule has 1 atom stereocenters. The van der Waals surface area contributed by atoms with Gasteiger partial charge in [0, 0.05) is 12.2 Å². The van der Waals surface area contributed by atoms with Gasteiger partial charge in [0.1, 0.15) is 0 Å². The number of hydrogen-bond donors (Lipinski definition) is 3. The molecule has 5 nitrogen and oxygen atoms in total. The van der Waals surface area contributed by atoms with Gasteiger partial charge in [-0.05, 0) is 31.0 Å². The van der Waals surface area contributed by atoms with Gasteiger partial charge in [-0.25, -0.2) is 4.79 Å². The highest BCUT2D eigenvalue weighted by atomic mass is 16.4. The van der Waals surface area contributed by atoms with E-state index in [0.29, 0.717) is 13.0 Å². The molecule has 98 valence electrons. The molecule has 1 aromatic carbocycles. The third kappa shape index (κ3) is 4.86. The number of carbonyl (C=O) groups excluding carboxylic acids is 1. The Kier molecular flexibility index (Phi) is 5.17. The van der Waals surface area contributed by atoms with Crippen molar-refractivity contribution < 1.29 is 14.7 Å². The first kappa shape index (κ1) is 14.0. The first-order chi connectivity index (χ1) is 8.49. The number of carboxylic acid groups (broad SMARTS) is 1. The molecule has 18 heavy (non-hydrogen) atoms. The fourth-order valence-electron chi connectivity index (χ4n) is 1.42. The molecule has 0 aliphatic heterocycles. The van der Waals surface area contributed by atoms with Crippen LogP contribution in [0.15, 0.2) is 24.3 Å². The minimum atomic E-state index is -0.851. The Hall–Kier alpha value is -2.04. The van der Waals surface area contributed by atoms with Crippen LogP contribution in [0.2, 0.25) is 0 Å². The van der Waals surface area contributed by atoms with Crippen molar-refractivity contribution in [3.63, 3.8) is 0 Å². The van der Waals surface area contributed by atoms with Crippen LogP contribution in [0, 0.1) is 12.8 Å². The van der Waals surface area contributed by atoms with Crippen molar-refractivity contribution in [1.82, 2.24) is 5.32 Å². The van der Waals surface area contributed by atoms with Crippen molar-refractivity contribution in [3.8, 4) is 0 Å². The molecule has 0 aliphatic rings. The number of amides is 2. The molecule has 0 bridgehead atoms. The lowest BCUT2D eigenvalue weighted by Crippen LogP contribution is -2.31. The number of hydrogen-bond acceptors (Lipinski definition) is 2. The van der Waals surface area contributed by atoms with Crippen LogP contribution in [0.4, 0.5) is 10.5 Å². The highest BCUT2D eigenvalue weighted by molar-refractivity contribution is 5.89. The van der Waals surface area contributed by atoms with Crippen LogP contribution in [-0.4, -0.2) is 23.7 Å². The molecule has 1 unspecified atom stereocenters. The van der Waals surface area contributed by atoms with E-state index in [1.807, 2.05) is 25.1 Å². The van der Waals surface area contributed by atoms with Crippen molar-refractivity contribution in [2.75, 3.05) is 11.9 Å². The van der Waals surface area contributed by atoms with E-state index in [1.54, 1.807) is 13.0 Å².